The first kappa shape index (κ1) is 26.6. The molecule has 0 saturated carbocycles. The van der Waals surface area contributed by atoms with Crippen molar-refractivity contribution in [3.8, 4) is 5.75 Å². The number of aliphatic carboxylic acids is 1. The Balaban J connectivity index is 1.37. The molecular formula is C27H31BrN2O5S. The number of nitrogens with one attached hydrogen (secondary N) is 2. The lowest BCUT2D eigenvalue weighted by Gasteiger charge is -2.22. The van der Waals surface area contributed by atoms with Crippen molar-refractivity contribution in [2.24, 2.45) is 5.92 Å². The van der Waals surface area contributed by atoms with Gasteiger partial charge in [-0.1, -0.05) is 40.2 Å². The van der Waals surface area contributed by atoms with Crippen LogP contribution in [0.4, 0.5) is 0 Å². The van der Waals surface area contributed by atoms with Gasteiger partial charge in [0.2, 0.25) is 10.0 Å². The molecule has 0 amide bonds. The molecule has 0 bridgehead atoms. The van der Waals surface area contributed by atoms with Gasteiger partial charge in [0.25, 0.3) is 0 Å². The van der Waals surface area contributed by atoms with E-state index in [4.69, 9.17) is 4.74 Å². The molecule has 3 aromatic carbocycles. The minimum atomic E-state index is -3.98. The molecule has 9 heteroatoms. The number of ether oxygens (including phenoxy) is 1. The lowest BCUT2D eigenvalue weighted by Crippen LogP contribution is -2.42. The third kappa shape index (κ3) is 7.29. The minimum absolute atomic E-state index is 0.0127. The van der Waals surface area contributed by atoms with Gasteiger partial charge >= 0.3 is 5.97 Å². The second-order valence-corrected chi connectivity index (χ2v) is 11.8. The van der Waals surface area contributed by atoms with Gasteiger partial charge in [-0.15, -0.1) is 0 Å². The molecule has 36 heavy (non-hydrogen) atoms. The topological polar surface area (TPSA) is 105 Å². The van der Waals surface area contributed by atoms with Crippen molar-refractivity contribution in [3.05, 3.63) is 70.7 Å². The van der Waals surface area contributed by atoms with Crippen molar-refractivity contribution < 1.29 is 23.1 Å². The first-order valence-electron chi connectivity index (χ1n) is 12.2. The molecule has 1 fully saturated rings. The Morgan fingerprint density at radius 3 is 2.47 bits per heavy atom. The highest BCUT2D eigenvalue weighted by Crippen LogP contribution is 2.24. The van der Waals surface area contributed by atoms with Gasteiger partial charge in [-0.25, -0.2) is 8.42 Å². The SMILES string of the molecule is O=C(O)C(Cc1ccc2cc(OCCCC3CCNCC3)ccc2c1)NS(=O)(=O)c1ccc(Br)cc1. The second kappa shape index (κ2) is 12.2. The molecule has 1 heterocycles. The van der Waals surface area contributed by atoms with Gasteiger partial charge in [-0.05, 0) is 104 Å². The normalized spacial score (nSPS) is 15.6. The maximum Gasteiger partial charge on any atom is 0.322 e. The third-order valence-corrected chi connectivity index (χ3v) is 8.54. The number of hydrogen-bond acceptors (Lipinski definition) is 5. The van der Waals surface area contributed by atoms with E-state index < -0.39 is 22.0 Å². The number of fused-ring (bicyclic) bond motifs is 1. The predicted molar refractivity (Wildman–Crippen MR) is 144 cm³/mol. The minimum Gasteiger partial charge on any atom is -0.494 e. The van der Waals surface area contributed by atoms with E-state index in [2.05, 4.69) is 26.0 Å². The zero-order chi connectivity index (χ0) is 25.5. The number of carboxylic acids is 1. The molecule has 3 aromatic rings. The molecule has 3 N–H and O–H groups in total. The smallest absolute Gasteiger partial charge is 0.322 e. The van der Waals surface area contributed by atoms with Gasteiger partial charge in [0.1, 0.15) is 11.8 Å². The summed E-state index contributed by atoms with van der Waals surface area (Å²) in [7, 11) is -3.98. The van der Waals surface area contributed by atoms with Gasteiger partial charge in [0.05, 0.1) is 11.5 Å². The number of carboxylic acid groups (broad SMARTS) is 1. The van der Waals surface area contributed by atoms with Crippen molar-refractivity contribution in [2.75, 3.05) is 19.7 Å². The molecule has 1 saturated heterocycles. The number of benzene rings is 3. The van der Waals surface area contributed by atoms with Crippen LogP contribution in [0.25, 0.3) is 10.8 Å². The van der Waals surface area contributed by atoms with Crippen LogP contribution in [0.15, 0.2) is 70.0 Å². The largest absolute Gasteiger partial charge is 0.494 e. The number of carbonyl (C=O) groups is 1. The Morgan fingerprint density at radius 2 is 1.75 bits per heavy atom. The maximum absolute atomic E-state index is 12.7. The Morgan fingerprint density at radius 1 is 1.06 bits per heavy atom. The third-order valence-electron chi connectivity index (χ3n) is 6.52. The molecule has 0 aromatic heterocycles. The monoisotopic (exact) mass is 574 g/mol. The summed E-state index contributed by atoms with van der Waals surface area (Å²) in [6.45, 7) is 2.91. The average Bonchev–Trinajstić information content (AvgIpc) is 2.87. The summed E-state index contributed by atoms with van der Waals surface area (Å²) in [4.78, 5) is 11.9. The molecular weight excluding hydrogens is 544 g/mol. The van der Waals surface area contributed by atoms with Gasteiger partial charge in [0, 0.05) is 4.47 Å². The highest BCUT2D eigenvalue weighted by atomic mass is 79.9. The number of halogens is 1. The molecule has 4 rings (SSSR count). The van der Waals surface area contributed by atoms with E-state index in [9.17, 15) is 18.3 Å². The predicted octanol–water partition coefficient (Wildman–Crippen LogP) is 4.74. The molecule has 1 aliphatic rings. The summed E-state index contributed by atoms with van der Waals surface area (Å²) in [6.07, 6.45) is 4.73. The fourth-order valence-corrected chi connectivity index (χ4v) is 5.96. The molecule has 7 nitrogen and oxygen atoms in total. The summed E-state index contributed by atoms with van der Waals surface area (Å²) in [5, 5.41) is 15.0. The fourth-order valence-electron chi connectivity index (χ4n) is 4.51. The van der Waals surface area contributed by atoms with Crippen molar-refractivity contribution in [3.63, 3.8) is 0 Å². The number of piperidine rings is 1. The van der Waals surface area contributed by atoms with Gasteiger partial charge in [0.15, 0.2) is 0 Å². The Bertz CT molecular complexity index is 1290. The molecule has 192 valence electrons. The maximum atomic E-state index is 12.7. The van der Waals surface area contributed by atoms with Crippen LogP contribution < -0.4 is 14.8 Å². The van der Waals surface area contributed by atoms with E-state index in [1.165, 1.54) is 31.4 Å². The summed E-state index contributed by atoms with van der Waals surface area (Å²) < 4.78 is 34.4. The van der Waals surface area contributed by atoms with E-state index in [0.717, 1.165) is 52.0 Å². The second-order valence-electron chi connectivity index (χ2n) is 9.20. The van der Waals surface area contributed by atoms with Crippen LogP contribution in [0.2, 0.25) is 0 Å². The van der Waals surface area contributed by atoms with Gasteiger partial charge in [-0.2, -0.15) is 4.72 Å². The van der Waals surface area contributed by atoms with E-state index in [1.807, 2.05) is 36.4 Å². The number of hydrogen-bond donors (Lipinski definition) is 3. The Labute approximate surface area is 220 Å². The van der Waals surface area contributed by atoms with Crippen LogP contribution in [-0.4, -0.2) is 45.2 Å². The van der Waals surface area contributed by atoms with Crippen LogP contribution in [-0.2, 0) is 21.2 Å². The van der Waals surface area contributed by atoms with Crippen LogP contribution in [0, 0.1) is 5.92 Å². The Hall–Kier alpha value is -2.46. The van der Waals surface area contributed by atoms with Crippen LogP contribution >= 0.6 is 15.9 Å². The van der Waals surface area contributed by atoms with Gasteiger partial charge < -0.3 is 15.2 Å². The lowest BCUT2D eigenvalue weighted by molar-refractivity contribution is -0.138. The van der Waals surface area contributed by atoms with Crippen LogP contribution in [0.5, 0.6) is 5.75 Å². The molecule has 0 radical (unpaired) electrons. The van der Waals surface area contributed by atoms with Crippen molar-refractivity contribution >= 4 is 42.7 Å². The molecule has 1 aliphatic heterocycles. The van der Waals surface area contributed by atoms with Crippen LogP contribution in [0.3, 0.4) is 0 Å². The van der Waals surface area contributed by atoms with Crippen molar-refractivity contribution in [2.45, 2.75) is 43.0 Å². The molecule has 0 spiro atoms. The highest BCUT2D eigenvalue weighted by molar-refractivity contribution is 9.10. The zero-order valence-electron chi connectivity index (χ0n) is 20.0. The standard InChI is InChI=1S/C27H31BrN2O5S/c28-23-6-9-25(10-7-23)36(33,34)30-26(27(31)32)17-20-3-4-22-18-24(8-5-21(22)16-20)35-15-1-2-19-11-13-29-14-12-19/h3-10,16,18-19,26,29-30H,1-2,11-15,17H2,(H,31,32). The molecule has 1 atom stereocenters. The summed E-state index contributed by atoms with van der Waals surface area (Å²) >= 11 is 3.27. The number of rotatable bonds is 11. The van der Waals surface area contributed by atoms with E-state index in [1.54, 1.807) is 12.1 Å². The van der Waals surface area contributed by atoms with Gasteiger partial charge in [-0.3, -0.25) is 4.79 Å². The van der Waals surface area contributed by atoms with E-state index in [0.29, 0.717) is 6.61 Å². The first-order chi connectivity index (χ1) is 17.3. The van der Waals surface area contributed by atoms with Crippen LogP contribution in [0.1, 0.15) is 31.2 Å². The van der Waals surface area contributed by atoms with Crippen molar-refractivity contribution in [1.82, 2.24) is 10.0 Å². The first-order valence-corrected chi connectivity index (χ1v) is 14.4. The summed E-state index contributed by atoms with van der Waals surface area (Å²) in [5.41, 5.74) is 0.726. The summed E-state index contributed by atoms with van der Waals surface area (Å²) in [5.74, 6) is 0.370. The quantitative estimate of drug-likeness (QED) is 0.286. The average molecular weight is 576 g/mol. The van der Waals surface area contributed by atoms with Crippen molar-refractivity contribution in [1.29, 1.82) is 0 Å². The lowest BCUT2D eigenvalue weighted by atomic mass is 9.93. The molecule has 0 aliphatic carbocycles. The number of sulfonamides is 1. The summed E-state index contributed by atoms with van der Waals surface area (Å²) in [6, 6.07) is 16.2. The highest BCUT2D eigenvalue weighted by Gasteiger charge is 2.26. The Kier molecular flexibility index (Phi) is 9.00. The molecule has 1 unspecified atom stereocenters. The van der Waals surface area contributed by atoms with E-state index in [-0.39, 0.29) is 11.3 Å². The zero-order valence-corrected chi connectivity index (χ0v) is 22.4. The fraction of sp³-hybridized carbons (Fsp3) is 0.370. The van der Waals surface area contributed by atoms with E-state index >= 15 is 0 Å².